The molecule has 0 radical (unpaired) electrons. The maximum absolute atomic E-state index is 11.3. The van der Waals surface area contributed by atoms with Crippen LogP contribution in [-0.4, -0.2) is 28.0 Å². The van der Waals surface area contributed by atoms with Gasteiger partial charge in [-0.3, -0.25) is 10.1 Å². The molecule has 0 atom stereocenters. The number of urea groups is 1. The number of hydrogen-bond donors (Lipinski definition) is 2. The Balaban J connectivity index is 2.26. The normalized spacial score (nSPS) is 10.2. The minimum atomic E-state index is -0.459. The van der Waals surface area contributed by atoms with Gasteiger partial charge in [0.2, 0.25) is 5.91 Å². The number of rotatable bonds is 4. The van der Waals surface area contributed by atoms with E-state index < -0.39 is 6.03 Å². The molecule has 0 saturated carbocycles. The van der Waals surface area contributed by atoms with Crippen molar-refractivity contribution in [3.8, 4) is 0 Å². The average molecular weight is 224 g/mol. The van der Waals surface area contributed by atoms with Crippen molar-refractivity contribution in [2.24, 2.45) is 5.92 Å². The van der Waals surface area contributed by atoms with Gasteiger partial charge in [0.15, 0.2) is 0 Å². The number of imidazole rings is 1. The molecule has 0 aromatic carbocycles. The molecule has 88 valence electrons. The molecule has 0 aliphatic carbocycles. The number of amides is 3. The first-order chi connectivity index (χ1) is 7.58. The van der Waals surface area contributed by atoms with Gasteiger partial charge in [-0.1, -0.05) is 13.8 Å². The van der Waals surface area contributed by atoms with E-state index in [1.807, 2.05) is 13.8 Å². The lowest BCUT2D eigenvalue weighted by molar-refractivity contribution is -0.120. The van der Waals surface area contributed by atoms with Gasteiger partial charge in [-0.2, -0.15) is 0 Å². The van der Waals surface area contributed by atoms with Crippen molar-refractivity contribution >= 4 is 11.9 Å². The van der Waals surface area contributed by atoms with Crippen molar-refractivity contribution in [1.82, 2.24) is 20.2 Å². The van der Waals surface area contributed by atoms with Crippen LogP contribution in [0.15, 0.2) is 18.7 Å². The van der Waals surface area contributed by atoms with Crippen molar-refractivity contribution in [1.29, 1.82) is 0 Å². The van der Waals surface area contributed by atoms with E-state index in [1.54, 1.807) is 17.0 Å². The fraction of sp³-hybridized carbons (Fsp3) is 0.500. The Morgan fingerprint density at radius 1 is 1.44 bits per heavy atom. The molecule has 0 saturated heterocycles. The van der Waals surface area contributed by atoms with Gasteiger partial charge in [0, 0.05) is 18.9 Å². The number of carbonyl (C=O) groups excluding carboxylic acids is 2. The van der Waals surface area contributed by atoms with Crippen molar-refractivity contribution in [3.63, 3.8) is 0 Å². The zero-order valence-electron chi connectivity index (χ0n) is 9.43. The highest BCUT2D eigenvalue weighted by Gasteiger charge is 2.07. The molecule has 2 N–H and O–H groups in total. The second-order valence-corrected chi connectivity index (χ2v) is 3.89. The van der Waals surface area contributed by atoms with Gasteiger partial charge >= 0.3 is 6.03 Å². The van der Waals surface area contributed by atoms with Gasteiger partial charge in [-0.15, -0.1) is 0 Å². The van der Waals surface area contributed by atoms with Crippen LogP contribution in [0, 0.1) is 5.92 Å². The quantitative estimate of drug-likeness (QED) is 0.775. The molecule has 1 heterocycles. The smallest absolute Gasteiger partial charge is 0.321 e. The van der Waals surface area contributed by atoms with E-state index in [1.165, 1.54) is 6.33 Å². The van der Waals surface area contributed by atoms with E-state index in [0.717, 1.165) is 0 Å². The van der Waals surface area contributed by atoms with Crippen LogP contribution in [0.2, 0.25) is 0 Å². The lowest BCUT2D eigenvalue weighted by atomic mass is 10.2. The van der Waals surface area contributed by atoms with Crippen molar-refractivity contribution in [2.75, 3.05) is 6.54 Å². The van der Waals surface area contributed by atoms with Gasteiger partial charge in [-0.25, -0.2) is 9.78 Å². The van der Waals surface area contributed by atoms with Crippen LogP contribution in [0.1, 0.15) is 13.8 Å². The molecule has 0 aliphatic rings. The summed E-state index contributed by atoms with van der Waals surface area (Å²) in [7, 11) is 0. The van der Waals surface area contributed by atoms with Crippen LogP contribution < -0.4 is 10.6 Å². The highest BCUT2D eigenvalue weighted by atomic mass is 16.2. The van der Waals surface area contributed by atoms with E-state index in [0.29, 0.717) is 12.5 Å². The maximum atomic E-state index is 11.3. The zero-order chi connectivity index (χ0) is 12.0. The number of nitrogens with zero attached hydrogens (tertiary/aromatic N) is 2. The summed E-state index contributed by atoms with van der Waals surface area (Å²) in [6.07, 6.45) is 4.75. The Hall–Kier alpha value is -1.85. The van der Waals surface area contributed by atoms with Crippen LogP contribution in [-0.2, 0) is 11.3 Å². The fourth-order valence-corrected chi connectivity index (χ4v) is 1.05. The largest absolute Gasteiger partial charge is 0.338 e. The molecule has 6 heteroatoms. The van der Waals surface area contributed by atoms with E-state index in [-0.39, 0.29) is 12.5 Å². The SMILES string of the molecule is CC(C)CNC(=O)NC(=O)Cn1ccnc1. The van der Waals surface area contributed by atoms with Crippen LogP contribution in [0.5, 0.6) is 0 Å². The molecule has 0 bridgehead atoms. The molecule has 1 aromatic rings. The summed E-state index contributed by atoms with van der Waals surface area (Å²) >= 11 is 0. The number of imide groups is 1. The maximum Gasteiger partial charge on any atom is 0.321 e. The standard InChI is InChI=1S/C10H16N4O2/c1-8(2)5-12-10(16)13-9(15)6-14-4-3-11-7-14/h3-4,7-8H,5-6H2,1-2H3,(H2,12,13,15,16). The first-order valence-corrected chi connectivity index (χ1v) is 5.11. The molecular weight excluding hydrogens is 208 g/mol. The number of carbonyl (C=O) groups is 2. The van der Waals surface area contributed by atoms with Gasteiger partial charge in [0.05, 0.1) is 6.33 Å². The second kappa shape index (κ2) is 5.89. The van der Waals surface area contributed by atoms with E-state index in [4.69, 9.17) is 0 Å². The molecule has 0 unspecified atom stereocenters. The minimum Gasteiger partial charge on any atom is -0.338 e. The Labute approximate surface area is 94.0 Å². The van der Waals surface area contributed by atoms with E-state index in [9.17, 15) is 9.59 Å². The summed E-state index contributed by atoms with van der Waals surface area (Å²) in [4.78, 5) is 26.4. The Bertz CT molecular complexity index is 346. The zero-order valence-corrected chi connectivity index (χ0v) is 9.43. The summed E-state index contributed by atoms with van der Waals surface area (Å²) in [6.45, 7) is 4.60. The van der Waals surface area contributed by atoms with E-state index >= 15 is 0 Å². The molecule has 6 nitrogen and oxygen atoms in total. The lowest BCUT2D eigenvalue weighted by Crippen LogP contribution is -2.42. The van der Waals surface area contributed by atoms with Gasteiger partial charge in [0.25, 0.3) is 0 Å². The molecule has 3 amide bonds. The third-order valence-corrected chi connectivity index (χ3v) is 1.81. The Morgan fingerprint density at radius 3 is 2.75 bits per heavy atom. The van der Waals surface area contributed by atoms with Gasteiger partial charge < -0.3 is 9.88 Å². The predicted octanol–water partition coefficient (Wildman–Crippen LogP) is 0.365. The fourth-order valence-electron chi connectivity index (χ4n) is 1.05. The molecule has 1 aromatic heterocycles. The molecule has 0 aliphatic heterocycles. The van der Waals surface area contributed by atoms with Crippen LogP contribution in [0.25, 0.3) is 0 Å². The van der Waals surface area contributed by atoms with Gasteiger partial charge in [0.1, 0.15) is 6.54 Å². The first kappa shape index (κ1) is 12.2. The molecule has 1 rings (SSSR count). The van der Waals surface area contributed by atoms with Crippen molar-refractivity contribution in [3.05, 3.63) is 18.7 Å². The number of aromatic nitrogens is 2. The monoisotopic (exact) mass is 224 g/mol. The molecule has 0 fully saturated rings. The topological polar surface area (TPSA) is 76.0 Å². The second-order valence-electron chi connectivity index (χ2n) is 3.89. The minimum absolute atomic E-state index is 0.0924. The van der Waals surface area contributed by atoms with Crippen LogP contribution in [0.4, 0.5) is 4.79 Å². The third-order valence-electron chi connectivity index (χ3n) is 1.81. The van der Waals surface area contributed by atoms with Crippen LogP contribution in [0.3, 0.4) is 0 Å². The lowest BCUT2D eigenvalue weighted by Gasteiger charge is -2.08. The predicted molar refractivity (Wildman–Crippen MR) is 58.6 cm³/mol. The highest BCUT2D eigenvalue weighted by molar-refractivity contribution is 5.94. The third kappa shape index (κ3) is 4.59. The Kier molecular flexibility index (Phi) is 4.50. The molecule has 0 spiro atoms. The number of nitrogens with one attached hydrogen (secondary N) is 2. The average Bonchev–Trinajstić information content (AvgIpc) is 2.67. The van der Waals surface area contributed by atoms with E-state index in [2.05, 4.69) is 15.6 Å². The van der Waals surface area contributed by atoms with Crippen molar-refractivity contribution < 1.29 is 9.59 Å². The molecule has 16 heavy (non-hydrogen) atoms. The summed E-state index contributed by atoms with van der Waals surface area (Å²) in [5.41, 5.74) is 0. The van der Waals surface area contributed by atoms with Crippen molar-refractivity contribution in [2.45, 2.75) is 20.4 Å². The highest BCUT2D eigenvalue weighted by Crippen LogP contribution is 1.87. The summed E-state index contributed by atoms with van der Waals surface area (Å²) in [5, 5.41) is 4.83. The van der Waals surface area contributed by atoms with Gasteiger partial charge in [-0.05, 0) is 5.92 Å². The summed E-state index contributed by atoms with van der Waals surface area (Å²) in [5.74, 6) is -0.00578. The summed E-state index contributed by atoms with van der Waals surface area (Å²) < 4.78 is 1.59. The summed E-state index contributed by atoms with van der Waals surface area (Å²) in [6, 6.07) is -0.459. The van der Waals surface area contributed by atoms with Crippen LogP contribution >= 0.6 is 0 Å². The number of hydrogen-bond acceptors (Lipinski definition) is 3. The molecular formula is C10H16N4O2. The Morgan fingerprint density at radius 2 is 2.19 bits per heavy atom. The first-order valence-electron chi connectivity index (χ1n) is 5.11.